The minimum absolute atomic E-state index is 0.232. The Balaban J connectivity index is 2.44. The van der Waals surface area contributed by atoms with Crippen LogP contribution in [0.15, 0.2) is 11.6 Å². The number of aromatic nitrogens is 3. The summed E-state index contributed by atoms with van der Waals surface area (Å²) in [5.41, 5.74) is 4.39. The van der Waals surface area contributed by atoms with Crippen LogP contribution in [-0.4, -0.2) is 14.8 Å². The molecule has 1 unspecified atom stereocenters. The fourth-order valence-electron chi connectivity index (χ4n) is 1.56. The lowest BCUT2D eigenvalue weighted by molar-refractivity contribution is 0.565. The summed E-state index contributed by atoms with van der Waals surface area (Å²) in [6, 6.07) is -0.232. The molecule has 2 aromatic rings. The van der Waals surface area contributed by atoms with Crippen molar-refractivity contribution in [2.75, 3.05) is 0 Å². The van der Waals surface area contributed by atoms with Gasteiger partial charge in [-0.15, -0.1) is 11.3 Å². The maximum absolute atomic E-state index is 6.07. The Morgan fingerprint density at radius 1 is 1.62 bits per heavy atom. The van der Waals surface area contributed by atoms with E-state index in [9.17, 15) is 0 Å². The zero-order valence-corrected chi connectivity index (χ0v) is 10.5. The van der Waals surface area contributed by atoms with Gasteiger partial charge in [0.2, 0.25) is 0 Å². The minimum Gasteiger partial charge on any atom is -0.270 e. The molecule has 0 bridgehead atoms. The quantitative estimate of drug-likeness (QED) is 0.644. The average molecular weight is 258 g/mol. The largest absolute Gasteiger partial charge is 0.270 e. The molecule has 2 heterocycles. The smallest absolute Gasteiger partial charge is 0.107 e. The molecule has 0 aliphatic rings. The minimum atomic E-state index is -0.232. The van der Waals surface area contributed by atoms with Gasteiger partial charge in [-0.3, -0.25) is 10.5 Å². The Morgan fingerprint density at radius 3 is 2.81 bits per heavy atom. The van der Waals surface area contributed by atoms with Crippen molar-refractivity contribution in [2.45, 2.75) is 13.0 Å². The Labute approximate surface area is 102 Å². The third-order valence-electron chi connectivity index (χ3n) is 2.31. The van der Waals surface area contributed by atoms with E-state index in [0.29, 0.717) is 5.02 Å². The van der Waals surface area contributed by atoms with Gasteiger partial charge in [-0.2, -0.15) is 5.10 Å². The van der Waals surface area contributed by atoms with Crippen LogP contribution in [0.3, 0.4) is 0 Å². The first-order valence-corrected chi connectivity index (χ1v) is 5.94. The van der Waals surface area contributed by atoms with E-state index in [0.717, 1.165) is 16.4 Å². The first kappa shape index (κ1) is 11.5. The molecule has 0 radical (unpaired) electrons. The van der Waals surface area contributed by atoms with Crippen molar-refractivity contribution in [1.29, 1.82) is 0 Å². The van der Waals surface area contributed by atoms with Crippen LogP contribution in [0.2, 0.25) is 5.02 Å². The lowest BCUT2D eigenvalue weighted by atomic mass is 10.1. The highest BCUT2D eigenvalue weighted by molar-refractivity contribution is 7.09. The number of thiazole rings is 1. The van der Waals surface area contributed by atoms with Gasteiger partial charge in [0.25, 0.3) is 0 Å². The molecule has 16 heavy (non-hydrogen) atoms. The average Bonchev–Trinajstić information content (AvgIpc) is 2.80. The Morgan fingerprint density at radius 2 is 2.38 bits per heavy atom. The van der Waals surface area contributed by atoms with Crippen LogP contribution in [0.25, 0.3) is 0 Å². The second kappa shape index (κ2) is 4.50. The predicted octanol–water partition coefficient (Wildman–Crippen LogP) is 1.39. The molecule has 7 heteroatoms. The summed E-state index contributed by atoms with van der Waals surface area (Å²) in [5, 5.41) is 7.62. The Bertz CT molecular complexity index is 472. The van der Waals surface area contributed by atoms with E-state index in [1.807, 2.05) is 19.4 Å². The highest BCUT2D eigenvalue weighted by Crippen LogP contribution is 2.27. The number of nitrogens with two attached hydrogens (primary N) is 1. The maximum atomic E-state index is 6.07. The monoisotopic (exact) mass is 257 g/mol. The number of hydrogen-bond acceptors (Lipinski definition) is 5. The first-order valence-electron chi connectivity index (χ1n) is 4.69. The molecule has 0 amide bonds. The van der Waals surface area contributed by atoms with Gasteiger partial charge in [-0.05, 0) is 6.92 Å². The van der Waals surface area contributed by atoms with Crippen LogP contribution < -0.4 is 11.3 Å². The molecule has 0 aliphatic carbocycles. The molecule has 2 rings (SSSR count). The van der Waals surface area contributed by atoms with Crippen LogP contribution >= 0.6 is 22.9 Å². The molecule has 2 aromatic heterocycles. The lowest BCUT2D eigenvalue weighted by Gasteiger charge is -2.14. The Kier molecular flexibility index (Phi) is 3.25. The summed E-state index contributed by atoms with van der Waals surface area (Å²) < 4.78 is 1.70. The van der Waals surface area contributed by atoms with Crippen molar-refractivity contribution in [2.24, 2.45) is 12.9 Å². The van der Waals surface area contributed by atoms with E-state index in [1.165, 1.54) is 0 Å². The van der Waals surface area contributed by atoms with Gasteiger partial charge in [-0.1, -0.05) is 11.6 Å². The number of nitrogens with one attached hydrogen (secondary N) is 1. The molecule has 86 valence electrons. The normalized spacial score (nSPS) is 13.0. The van der Waals surface area contributed by atoms with Gasteiger partial charge in [0.15, 0.2) is 0 Å². The summed E-state index contributed by atoms with van der Waals surface area (Å²) in [6.45, 7) is 1.95. The SMILES string of the molecule is Cc1nc(C(NN)c2c(Cl)cnn2C)cs1. The fraction of sp³-hybridized carbons (Fsp3) is 0.333. The molecule has 0 saturated heterocycles. The number of rotatable bonds is 3. The van der Waals surface area contributed by atoms with Gasteiger partial charge in [0.1, 0.15) is 6.04 Å². The summed E-state index contributed by atoms with van der Waals surface area (Å²) in [4.78, 5) is 4.40. The number of nitrogens with zero attached hydrogens (tertiary/aromatic N) is 3. The van der Waals surface area contributed by atoms with E-state index in [1.54, 1.807) is 22.2 Å². The van der Waals surface area contributed by atoms with E-state index in [2.05, 4.69) is 15.5 Å². The predicted molar refractivity (Wildman–Crippen MR) is 64.2 cm³/mol. The number of aryl methyl sites for hydroxylation is 2. The molecule has 0 aliphatic heterocycles. The van der Waals surface area contributed by atoms with Crippen molar-refractivity contribution in [3.8, 4) is 0 Å². The number of halogens is 1. The van der Waals surface area contributed by atoms with Crippen LogP contribution in [-0.2, 0) is 7.05 Å². The molecule has 0 aromatic carbocycles. The standard InChI is InChI=1S/C9H12ClN5S/c1-5-13-7(4-16-5)8(14-11)9-6(10)3-12-15(9)2/h3-4,8,14H,11H2,1-2H3. The molecule has 3 N–H and O–H groups in total. The number of hydrazine groups is 1. The summed E-state index contributed by atoms with van der Waals surface area (Å²) in [7, 11) is 1.82. The first-order chi connectivity index (χ1) is 7.63. The molecule has 0 fully saturated rings. The van der Waals surface area contributed by atoms with Gasteiger partial charge in [-0.25, -0.2) is 10.4 Å². The number of hydrogen-bond donors (Lipinski definition) is 2. The Hall–Kier alpha value is -0.950. The molecule has 1 atom stereocenters. The van der Waals surface area contributed by atoms with Crippen molar-refractivity contribution < 1.29 is 0 Å². The third-order valence-corrected chi connectivity index (χ3v) is 3.39. The van der Waals surface area contributed by atoms with Gasteiger partial charge >= 0.3 is 0 Å². The van der Waals surface area contributed by atoms with Gasteiger partial charge in [0, 0.05) is 12.4 Å². The summed E-state index contributed by atoms with van der Waals surface area (Å²) >= 11 is 7.65. The molecular formula is C9H12ClN5S. The van der Waals surface area contributed by atoms with Crippen LogP contribution in [0.4, 0.5) is 0 Å². The van der Waals surface area contributed by atoms with E-state index < -0.39 is 0 Å². The summed E-state index contributed by atoms with van der Waals surface area (Å²) in [6.07, 6.45) is 1.60. The second-order valence-electron chi connectivity index (χ2n) is 3.39. The highest BCUT2D eigenvalue weighted by atomic mass is 35.5. The van der Waals surface area contributed by atoms with E-state index in [4.69, 9.17) is 17.4 Å². The highest BCUT2D eigenvalue weighted by Gasteiger charge is 2.21. The van der Waals surface area contributed by atoms with Crippen LogP contribution in [0.1, 0.15) is 22.4 Å². The maximum Gasteiger partial charge on any atom is 0.107 e. The third kappa shape index (κ3) is 1.97. The second-order valence-corrected chi connectivity index (χ2v) is 4.86. The van der Waals surface area contributed by atoms with Crippen molar-refractivity contribution in [3.63, 3.8) is 0 Å². The van der Waals surface area contributed by atoms with Gasteiger partial charge in [0.05, 0.1) is 27.6 Å². The summed E-state index contributed by atoms with van der Waals surface area (Å²) in [5.74, 6) is 5.56. The topological polar surface area (TPSA) is 68.8 Å². The zero-order valence-electron chi connectivity index (χ0n) is 8.94. The molecule has 5 nitrogen and oxygen atoms in total. The van der Waals surface area contributed by atoms with E-state index >= 15 is 0 Å². The van der Waals surface area contributed by atoms with Gasteiger partial charge < -0.3 is 0 Å². The van der Waals surface area contributed by atoms with Crippen molar-refractivity contribution >= 4 is 22.9 Å². The zero-order chi connectivity index (χ0) is 11.7. The molecular weight excluding hydrogens is 246 g/mol. The van der Waals surface area contributed by atoms with Crippen LogP contribution in [0, 0.1) is 6.92 Å². The van der Waals surface area contributed by atoms with Crippen molar-refractivity contribution in [3.05, 3.63) is 33.0 Å². The molecule has 0 spiro atoms. The molecule has 0 saturated carbocycles. The fourth-order valence-corrected chi connectivity index (χ4v) is 2.48. The van der Waals surface area contributed by atoms with Crippen molar-refractivity contribution in [1.82, 2.24) is 20.2 Å². The van der Waals surface area contributed by atoms with Crippen LogP contribution in [0.5, 0.6) is 0 Å². The van der Waals surface area contributed by atoms with E-state index in [-0.39, 0.29) is 6.04 Å². The lowest BCUT2D eigenvalue weighted by Crippen LogP contribution is -2.30.